The van der Waals surface area contributed by atoms with E-state index in [4.69, 9.17) is 9.15 Å². The number of allylic oxidation sites excluding steroid dienone is 2. The molecular formula is C20H28O3. The van der Waals surface area contributed by atoms with Crippen molar-refractivity contribution in [3.63, 3.8) is 0 Å². The molecule has 0 saturated heterocycles. The lowest BCUT2D eigenvalue weighted by Crippen LogP contribution is -2.29. The molecule has 0 unspecified atom stereocenters. The van der Waals surface area contributed by atoms with Gasteiger partial charge in [-0.05, 0) is 63.5 Å². The Morgan fingerprint density at radius 1 is 1.39 bits per heavy atom. The quantitative estimate of drug-likeness (QED) is 0.487. The third-order valence-electron chi connectivity index (χ3n) is 4.42. The fraction of sp³-hybridized carbons (Fsp3) is 0.550. The van der Waals surface area contributed by atoms with Gasteiger partial charge in [-0.3, -0.25) is 0 Å². The van der Waals surface area contributed by atoms with Gasteiger partial charge < -0.3 is 9.15 Å². The number of hydrogen-bond acceptors (Lipinski definition) is 3. The summed E-state index contributed by atoms with van der Waals surface area (Å²) < 4.78 is 10.7. The van der Waals surface area contributed by atoms with Crippen molar-refractivity contribution >= 4 is 5.97 Å². The number of furan rings is 1. The molecule has 0 radical (unpaired) electrons. The summed E-state index contributed by atoms with van der Waals surface area (Å²) >= 11 is 0. The minimum atomic E-state index is -0.120. The highest BCUT2D eigenvalue weighted by molar-refractivity contribution is 5.89. The molecule has 1 aliphatic rings. The summed E-state index contributed by atoms with van der Waals surface area (Å²) in [5, 5.41) is 0. The molecule has 2 rings (SSSR count). The highest BCUT2D eigenvalue weighted by Gasteiger charge is 2.26. The molecule has 0 amide bonds. The molecule has 2 atom stereocenters. The first-order valence-electron chi connectivity index (χ1n) is 8.60. The molecule has 0 aliphatic carbocycles. The van der Waals surface area contributed by atoms with Crippen LogP contribution in [0, 0.1) is 5.92 Å². The number of carbonyl (C=O) groups excluding carboxylic acids is 1. The van der Waals surface area contributed by atoms with Crippen LogP contribution in [-0.4, -0.2) is 12.1 Å². The van der Waals surface area contributed by atoms with Crippen LogP contribution in [-0.2, 0) is 16.0 Å². The van der Waals surface area contributed by atoms with Crippen LogP contribution in [0.2, 0.25) is 0 Å². The first kappa shape index (κ1) is 17.6. The zero-order valence-corrected chi connectivity index (χ0v) is 14.5. The molecule has 0 N–H and O–H groups in total. The van der Waals surface area contributed by atoms with E-state index in [0.717, 1.165) is 44.1 Å². The average molecular weight is 316 g/mol. The van der Waals surface area contributed by atoms with Crippen molar-refractivity contribution < 1.29 is 13.9 Å². The molecule has 126 valence electrons. The van der Waals surface area contributed by atoms with Gasteiger partial charge in [0, 0.05) is 12.0 Å². The van der Waals surface area contributed by atoms with Gasteiger partial charge in [-0.15, -0.1) is 0 Å². The molecule has 3 heteroatoms. The van der Waals surface area contributed by atoms with Crippen LogP contribution in [0.3, 0.4) is 0 Å². The fourth-order valence-electron chi connectivity index (χ4n) is 2.92. The van der Waals surface area contributed by atoms with Gasteiger partial charge in [-0.1, -0.05) is 24.6 Å². The Balaban J connectivity index is 1.75. The zero-order chi connectivity index (χ0) is 16.7. The van der Waals surface area contributed by atoms with E-state index in [2.05, 4.69) is 32.9 Å². The number of aryl methyl sites for hydroxylation is 1. The van der Waals surface area contributed by atoms with E-state index in [9.17, 15) is 4.79 Å². The lowest BCUT2D eigenvalue weighted by molar-refractivity contribution is -0.148. The summed E-state index contributed by atoms with van der Waals surface area (Å²) in [7, 11) is 0. The largest absolute Gasteiger partial charge is 0.472 e. The van der Waals surface area contributed by atoms with E-state index >= 15 is 0 Å². The fourth-order valence-corrected chi connectivity index (χ4v) is 2.92. The lowest BCUT2D eigenvalue weighted by Gasteiger charge is -2.27. The topological polar surface area (TPSA) is 39.4 Å². The molecule has 2 heterocycles. The number of hydrogen-bond donors (Lipinski definition) is 0. The average Bonchev–Trinajstić information content (AvgIpc) is 3.01. The van der Waals surface area contributed by atoms with Gasteiger partial charge in [0.05, 0.1) is 12.5 Å². The predicted octanol–water partition coefficient (Wildman–Crippen LogP) is 5.23. The molecular weight excluding hydrogens is 288 g/mol. The van der Waals surface area contributed by atoms with Crippen molar-refractivity contribution in [2.24, 2.45) is 5.92 Å². The lowest BCUT2D eigenvalue weighted by atomic mass is 9.92. The van der Waals surface area contributed by atoms with Crippen LogP contribution in [0.5, 0.6) is 0 Å². The van der Waals surface area contributed by atoms with Gasteiger partial charge in [-0.25, -0.2) is 4.79 Å². The second kappa shape index (κ2) is 8.76. The third-order valence-corrected chi connectivity index (χ3v) is 4.42. The highest BCUT2D eigenvalue weighted by atomic mass is 16.5. The van der Waals surface area contributed by atoms with Crippen molar-refractivity contribution in [2.45, 2.75) is 65.4 Å². The Hall–Kier alpha value is -1.77. The van der Waals surface area contributed by atoms with Gasteiger partial charge in [0.25, 0.3) is 0 Å². The Bertz CT molecular complexity index is 547. The van der Waals surface area contributed by atoms with Crippen LogP contribution in [0.25, 0.3) is 0 Å². The van der Waals surface area contributed by atoms with Crippen molar-refractivity contribution in [3.8, 4) is 0 Å². The SMILES string of the molecule is CC(C)=CCCC1=CC[C@@H]([C@@H](C)CCCc2ccoc2)OC1=O. The number of carbonyl (C=O) groups is 1. The van der Waals surface area contributed by atoms with Crippen molar-refractivity contribution in [1.82, 2.24) is 0 Å². The summed E-state index contributed by atoms with van der Waals surface area (Å²) in [6.45, 7) is 6.33. The van der Waals surface area contributed by atoms with Gasteiger partial charge in [0.2, 0.25) is 0 Å². The van der Waals surface area contributed by atoms with Gasteiger partial charge in [-0.2, -0.15) is 0 Å². The minimum Gasteiger partial charge on any atom is -0.472 e. The first-order chi connectivity index (χ1) is 11.1. The summed E-state index contributed by atoms with van der Waals surface area (Å²) in [6.07, 6.45) is 13.5. The molecule has 0 saturated carbocycles. The molecule has 0 bridgehead atoms. The maximum atomic E-state index is 12.1. The predicted molar refractivity (Wildman–Crippen MR) is 92.1 cm³/mol. The monoisotopic (exact) mass is 316 g/mol. The highest BCUT2D eigenvalue weighted by Crippen LogP contribution is 2.26. The van der Waals surface area contributed by atoms with Crippen LogP contribution < -0.4 is 0 Å². The van der Waals surface area contributed by atoms with Crippen LogP contribution in [0.15, 0.2) is 46.3 Å². The smallest absolute Gasteiger partial charge is 0.333 e. The Labute approximate surface area is 139 Å². The number of rotatable bonds is 8. The van der Waals surface area contributed by atoms with Crippen LogP contribution in [0.1, 0.15) is 58.4 Å². The maximum absolute atomic E-state index is 12.1. The second-order valence-corrected chi connectivity index (χ2v) is 6.73. The molecule has 1 aromatic heterocycles. The summed E-state index contributed by atoms with van der Waals surface area (Å²) in [4.78, 5) is 12.1. The maximum Gasteiger partial charge on any atom is 0.333 e. The van der Waals surface area contributed by atoms with E-state index in [1.54, 1.807) is 12.5 Å². The summed E-state index contributed by atoms with van der Waals surface area (Å²) in [5.74, 6) is 0.270. The van der Waals surface area contributed by atoms with E-state index in [1.807, 2.05) is 6.07 Å². The van der Waals surface area contributed by atoms with Gasteiger partial charge in [0.1, 0.15) is 6.10 Å². The van der Waals surface area contributed by atoms with Crippen molar-refractivity contribution in [1.29, 1.82) is 0 Å². The van der Waals surface area contributed by atoms with E-state index < -0.39 is 0 Å². The molecule has 0 fully saturated rings. The normalized spacial score (nSPS) is 19.0. The zero-order valence-electron chi connectivity index (χ0n) is 14.5. The van der Waals surface area contributed by atoms with Crippen LogP contribution >= 0.6 is 0 Å². The molecule has 3 nitrogen and oxygen atoms in total. The van der Waals surface area contributed by atoms with E-state index in [0.29, 0.717) is 5.92 Å². The Kier molecular flexibility index (Phi) is 6.69. The van der Waals surface area contributed by atoms with Crippen LogP contribution in [0.4, 0.5) is 0 Å². The minimum absolute atomic E-state index is 0.0269. The molecule has 1 aliphatic heterocycles. The molecule has 1 aromatic rings. The standard InChI is InChI=1S/C20H28O3/c1-15(2)6-4-9-18-10-11-19(23-20(18)21)16(3)7-5-8-17-12-13-22-14-17/h6,10,12-14,16,19H,4-5,7-9,11H2,1-3H3/t16-,19-/m0/s1. The summed E-state index contributed by atoms with van der Waals surface area (Å²) in [6, 6.07) is 2.01. The molecule has 23 heavy (non-hydrogen) atoms. The van der Waals surface area contributed by atoms with E-state index in [-0.39, 0.29) is 12.1 Å². The van der Waals surface area contributed by atoms with E-state index in [1.165, 1.54) is 11.1 Å². The molecule has 0 aromatic carbocycles. The Morgan fingerprint density at radius 2 is 2.22 bits per heavy atom. The number of esters is 1. The first-order valence-corrected chi connectivity index (χ1v) is 8.60. The second-order valence-electron chi connectivity index (χ2n) is 6.73. The number of cyclic esters (lactones) is 1. The van der Waals surface area contributed by atoms with Crippen molar-refractivity contribution in [3.05, 3.63) is 47.5 Å². The Morgan fingerprint density at radius 3 is 2.87 bits per heavy atom. The third kappa shape index (κ3) is 5.74. The summed E-state index contributed by atoms with van der Waals surface area (Å²) in [5.41, 5.74) is 3.36. The van der Waals surface area contributed by atoms with Crippen molar-refractivity contribution in [2.75, 3.05) is 0 Å². The van der Waals surface area contributed by atoms with Gasteiger partial charge >= 0.3 is 5.97 Å². The molecule has 0 spiro atoms. The van der Waals surface area contributed by atoms with Gasteiger partial charge in [0.15, 0.2) is 0 Å². The number of ether oxygens (including phenoxy) is 1.